The van der Waals surface area contributed by atoms with Crippen LogP contribution in [0, 0.1) is 5.92 Å². The fourth-order valence-corrected chi connectivity index (χ4v) is 5.33. The average Bonchev–Trinajstić information content (AvgIpc) is 3.29. The number of benzene rings is 2. The molecule has 34 heavy (non-hydrogen) atoms. The molecule has 1 aliphatic rings. The molecule has 0 spiro atoms. The van der Waals surface area contributed by atoms with Crippen LogP contribution in [0.4, 0.5) is 10.1 Å². The van der Waals surface area contributed by atoms with Gasteiger partial charge < -0.3 is 14.9 Å². The molecule has 0 radical (unpaired) electrons. The lowest BCUT2D eigenvalue weighted by atomic mass is 9.99. The van der Waals surface area contributed by atoms with Crippen molar-refractivity contribution in [2.45, 2.75) is 32.7 Å². The van der Waals surface area contributed by atoms with Gasteiger partial charge in [-0.05, 0) is 41.6 Å². The molecule has 6 nitrogen and oxygen atoms in total. The highest BCUT2D eigenvalue weighted by molar-refractivity contribution is 7.20. The fourth-order valence-electron chi connectivity index (χ4n) is 4.19. The first-order valence-corrected chi connectivity index (χ1v) is 12.3. The second-order valence-electron chi connectivity index (χ2n) is 8.65. The first-order valence-electron chi connectivity index (χ1n) is 11.5. The maximum atomic E-state index is 12.9. The number of nitrogens with zero attached hydrogens (tertiary/aromatic N) is 3. The Kier molecular flexibility index (Phi) is 7.43. The normalized spacial score (nSPS) is 14.1. The molecule has 1 saturated heterocycles. The third-order valence-corrected chi connectivity index (χ3v) is 7.31. The minimum absolute atomic E-state index is 0.207. The van der Waals surface area contributed by atoms with Crippen LogP contribution in [0.5, 0.6) is 0 Å². The van der Waals surface area contributed by atoms with E-state index in [0.29, 0.717) is 17.5 Å². The van der Waals surface area contributed by atoms with Crippen molar-refractivity contribution in [3.8, 4) is 11.1 Å². The minimum Gasteiger partial charge on any atom is -0.481 e. The topological polar surface area (TPSA) is 73.7 Å². The zero-order valence-corrected chi connectivity index (χ0v) is 20.1. The largest absolute Gasteiger partial charge is 0.481 e. The Morgan fingerprint density at radius 3 is 2.50 bits per heavy atom. The van der Waals surface area contributed by atoms with E-state index in [4.69, 9.17) is 0 Å². The lowest BCUT2D eigenvalue weighted by Crippen LogP contribution is -2.32. The van der Waals surface area contributed by atoms with E-state index in [1.54, 1.807) is 6.20 Å². The van der Waals surface area contributed by atoms with Gasteiger partial charge in [0, 0.05) is 19.6 Å². The monoisotopic (exact) mass is 475 g/mol. The minimum atomic E-state index is -1.16. The Labute approximate surface area is 204 Å². The maximum Gasteiger partial charge on any atom is 0.311 e. The molecule has 1 fully saturated rings. The number of aliphatic carboxylic acids is 1. The summed E-state index contributed by atoms with van der Waals surface area (Å²) in [6, 6.07) is 18.3. The van der Waals surface area contributed by atoms with Gasteiger partial charge in [-0.2, -0.15) is 0 Å². The van der Waals surface area contributed by atoms with Gasteiger partial charge in [0.15, 0.2) is 10.9 Å². The second kappa shape index (κ2) is 10.7. The van der Waals surface area contributed by atoms with E-state index in [1.165, 1.54) is 11.3 Å². The molecule has 176 valence electrons. The van der Waals surface area contributed by atoms with Gasteiger partial charge >= 0.3 is 5.97 Å². The molecular formula is C27H29N3O3S. The molecule has 0 saturated carbocycles. The van der Waals surface area contributed by atoms with Gasteiger partial charge in [-0.15, -0.1) is 0 Å². The van der Waals surface area contributed by atoms with E-state index in [0.717, 1.165) is 47.8 Å². The van der Waals surface area contributed by atoms with E-state index >= 15 is 0 Å². The molecule has 3 aromatic rings. The van der Waals surface area contributed by atoms with Crippen molar-refractivity contribution in [3.63, 3.8) is 0 Å². The number of carboxylic acids is 1. The summed E-state index contributed by atoms with van der Waals surface area (Å²) in [5.74, 6) is -0.974. The van der Waals surface area contributed by atoms with Crippen LogP contribution in [0.1, 0.15) is 42.2 Å². The zero-order chi connectivity index (χ0) is 24.1. The van der Waals surface area contributed by atoms with Gasteiger partial charge in [0.05, 0.1) is 0 Å². The van der Waals surface area contributed by atoms with E-state index in [-0.39, 0.29) is 5.69 Å². The van der Waals surface area contributed by atoms with Crippen LogP contribution < -0.4 is 9.80 Å². The smallest absolute Gasteiger partial charge is 0.311 e. The zero-order valence-electron chi connectivity index (χ0n) is 19.3. The Bertz CT molecular complexity index is 1170. The quantitative estimate of drug-likeness (QED) is 0.309. The molecular weight excluding hydrogens is 446 g/mol. The lowest BCUT2D eigenvalue weighted by molar-refractivity contribution is -0.135. The fraction of sp³-hybridized carbons (Fsp3) is 0.296. The molecule has 0 atom stereocenters. The molecule has 0 unspecified atom stereocenters. The molecule has 2 aromatic carbocycles. The second-order valence-corrected chi connectivity index (χ2v) is 9.60. The Morgan fingerprint density at radius 1 is 1.15 bits per heavy atom. The molecule has 0 amide bonds. The van der Waals surface area contributed by atoms with E-state index in [2.05, 4.69) is 47.7 Å². The average molecular weight is 476 g/mol. The molecule has 4 rings (SSSR count). The number of hydrogen-bond acceptors (Lipinski definition) is 6. The van der Waals surface area contributed by atoms with Gasteiger partial charge in [0.25, 0.3) is 0 Å². The third kappa shape index (κ3) is 5.37. The Hall–Kier alpha value is -3.45. The predicted octanol–water partition coefficient (Wildman–Crippen LogP) is 5.85. The summed E-state index contributed by atoms with van der Waals surface area (Å²) in [6.07, 6.45) is 3.25. The van der Waals surface area contributed by atoms with Gasteiger partial charge in [-0.3, -0.25) is 9.59 Å². The number of thiazole rings is 1. The molecule has 1 aromatic heterocycles. The van der Waals surface area contributed by atoms with Crippen LogP contribution >= 0.6 is 11.3 Å². The van der Waals surface area contributed by atoms with Crippen LogP contribution in [0.25, 0.3) is 11.1 Å². The summed E-state index contributed by atoms with van der Waals surface area (Å²) in [6.45, 7) is 8.49. The van der Waals surface area contributed by atoms with Crippen LogP contribution in [0.2, 0.25) is 0 Å². The first kappa shape index (κ1) is 23.7. The summed E-state index contributed by atoms with van der Waals surface area (Å²) in [5, 5.41) is 10.6. The van der Waals surface area contributed by atoms with Gasteiger partial charge in [-0.1, -0.05) is 79.4 Å². The standard InChI is InChI=1S/C27H29N3O3S/c1-3-29(18-21-11-7-8-12-22(21)20-9-5-4-6-10-20)26-25(23(31)17-24(32)33)28-27(34-26)30-15-13-19(2)14-16-30/h3-12,19H,1,13-18H2,2H3,(H,32,33). The van der Waals surface area contributed by atoms with E-state index in [1.807, 2.05) is 35.2 Å². The number of rotatable bonds is 9. The number of anilines is 2. The first-order chi connectivity index (χ1) is 16.5. The van der Waals surface area contributed by atoms with Crippen LogP contribution in [-0.4, -0.2) is 34.9 Å². The number of carbonyl (C=O) groups is 2. The number of hydrogen-bond donors (Lipinski definition) is 1. The Morgan fingerprint density at radius 2 is 1.82 bits per heavy atom. The highest BCUT2D eigenvalue weighted by Crippen LogP contribution is 2.38. The highest BCUT2D eigenvalue weighted by atomic mass is 32.1. The molecule has 1 N–H and O–H groups in total. The lowest BCUT2D eigenvalue weighted by Gasteiger charge is -2.29. The number of carbonyl (C=O) groups excluding carboxylic acids is 1. The predicted molar refractivity (Wildman–Crippen MR) is 138 cm³/mol. The molecule has 1 aliphatic heterocycles. The summed E-state index contributed by atoms with van der Waals surface area (Å²) in [4.78, 5) is 32.9. The van der Waals surface area contributed by atoms with Crippen molar-refractivity contribution < 1.29 is 14.7 Å². The van der Waals surface area contributed by atoms with Crippen molar-refractivity contribution in [1.82, 2.24) is 4.98 Å². The third-order valence-electron chi connectivity index (χ3n) is 6.15. The molecule has 2 heterocycles. The molecule has 0 aliphatic carbocycles. The Balaban J connectivity index is 1.69. The van der Waals surface area contributed by atoms with Gasteiger partial charge in [-0.25, -0.2) is 4.98 Å². The number of carboxylic acid groups (broad SMARTS) is 1. The summed E-state index contributed by atoms with van der Waals surface area (Å²) in [7, 11) is 0. The van der Waals surface area contributed by atoms with Gasteiger partial charge in [0.2, 0.25) is 0 Å². The molecule has 0 bridgehead atoms. The van der Waals surface area contributed by atoms with Crippen molar-refractivity contribution in [2.75, 3.05) is 22.9 Å². The van der Waals surface area contributed by atoms with Crippen molar-refractivity contribution in [1.29, 1.82) is 0 Å². The number of Topliss-reactive ketones (excluding diaryl/α,β-unsaturated/α-hetero) is 1. The van der Waals surface area contributed by atoms with Crippen LogP contribution in [-0.2, 0) is 11.3 Å². The van der Waals surface area contributed by atoms with E-state index < -0.39 is 18.2 Å². The van der Waals surface area contributed by atoms with Gasteiger partial charge in [0.1, 0.15) is 17.1 Å². The summed E-state index contributed by atoms with van der Waals surface area (Å²) >= 11 is 1.43. The van der Waals surface area contributed by atoms with E-state index in [9.17, 15) is 14.7 Å². The van der Waals surface area contributed by atoms with Crippen molar-refractivity contribution >= 4 is 33.2 Å². The SMILES string of the molecule is C=CN(Cc1ccccc1-c1ccccc1)c1sc(N2CCC(C)CC2)nc1C(=O)CC(=O)O. The number of ketones is 1. The summed E-state index contributed by atoms with van der Waals surface area (Å²) in [5.41, 5.74) is 3.49. The van der Waals surface area contributed by atoms with Crippen LogP contribution in [0.15, 0.2) is 67.4 Å². The van der Waals surface area contributed by atoms with Crippen LogP contribution in [0.3, 0.4) is 0 Å². The number of piperidine rings is 1. The number of aromatic nitrogens is 1. The van der Waals surface area contributed by atoms with Crippen molar-refractivity contribution in [3.05, 3.63) is 78.6 Å². The maximum absolute atomic E-state index is 12.9. The molecule has 7 heteroatoms. The summed E-state index contributed by atoms with van der Waals surface area (Å²) < 4.78 is 0. The highest BCUT2D eigenvalue weighted by Gasteiger charge is 2.27. The van der Waals surface area contributed by atoms with Crippen molar-refractivity contribution in [2.24, 2.45) is 5.92 Å².